The molecule has 3 heteroatoms. The van der Waals surface area contributed by atoms with E-state index in [4.69, 9.17) is 4.74 Å². The van der Waals surface area contributed by atoms with E-state index in [0.717, 1.165) is 44.3 Å². The van der Waals surface area contributed by atoms with Crippen molar-refractivity contribution in [1.29, 1.82) is 0 Å². The Morgan fingerprint density at radius 3 is 2.90 bits per heavy atom. The molecular weight excluding hydrogens is 250 g/mol. The molecule has 1 aliphatic heterocycles. The van der Waals surface area contributed by atoms with Gasteiger partial charge in [0.05, 0.1) is 12.7 Å². The first-order valence-electron chi connectivity index (χ1n) is 7.74. The quantitative estimate of drug-likeness (QED) is 0.777. The lowest BCUT2D eigenvalue weighted by atomic mass is 10.0. The first kappa shape index (κ1) is 15.2. The Morgan fingerprint density at radius 2 is 2.15 bits per heavy atom. The smallest absolute Gasteiger partial charge is 0.165 e. The Hall–Kier alpha value is -1.19. The van der Waals surface area contributed by atoms with Crippen LogP contribution in [0.3, 0.4) is 0 Å². The molecule has 1 aromatic carbocycles. The predicted octanol–water partition coefficient (Wildman–Crippen LogP) is 2.98. The van der Waals surface area contributed by atoms with Crippen molar-refractivity contribution in [1.82, 2.24) is 5.32 Å². The zero-order chi connectivity index (χ0) is 14.2. The van der Waals surface area contributed by atoms with Crippen molar-refractivity contribution < 1.29 is 9.53 Å². The largest absolute Gasteiger partial charge is 0.378 e. The Morgan fingerprint density at radius 1 is 1.35 bits per heavy atom. The maximum atomic E-state index is 12.2. The van der Waals surface area contributed by atoms with Gasteiger partial charge in [-0.3, -0.25) is 4.79 Å². The van der Waals surface area contributed by atoms with Gasteiger partial charge in [-0.15, -0.1) is 0 Å². The Labute approximate surface area is 121 Å². The molecule has 0 aliphatic carbocycles. The Bertz CT molecular complexity index is 425. The van der Waals surface area contributed by atoms with E-state index in [1.807, 2.05) is 18.2 Å². The van der Waals surface area contributed by atoms with E-state index in [1.54, 1.807) is 0 Å². The monoisotopic (exact) mass is 275 g/mol. The number of ketones is 1. The molecule has 0 radical (unpaired) electrons. The number of nitrogens with one attached hydrogen (secondary N) is 1. The molecule has 1 aliphatic rings. The van der Waals surface area contributed by atoms with Gasteiger partial charge < -0.3 is 10.1 Å². The summed E-state index contributed by atoms with van der Waals surface area (Å²) in [4.78, 5) is 12.2. The lowest BCUT2D eigenvalue weighted by Crippen LogP contribution is -2.32. The number of ether oxygens (including phenoxy) is 1. The fourth-order valence-corrected chi connectivity index (χ4v) is 2.61. The molecule has 110 valence electrons. The molecule has 2 rings (SSSR count). The first-order valence-corrected chi connectivity index (χ1v) is 7.74. The number of benzene rings is 1. The Kier molecular flexibility index (Phi) is 6.22. The molecule has 0 unspecified atom stereocenters. The van der Waals surface area contributed by atoms with Gasteiger partial charge in [0.25, 0.3) is 0 Å². The van der Waals surface area contributed by atoms with Crippen LogP contribution < -0.4 is 5.32 Å². The molecule has 1 aromatic rings. The summed E-state index contributed by atoms with van der Waals surface area (Å²) >= 11 is 0. The molecule has 0 saturated carbocycles. The van der Waals surface area contributed by atoms with Crippen molar-refractivity contribution in [2.75, 3.05) is 19.7 Å². The summed E-state index contributed by atoms with van der Waals surface area (Å²) in [5, 5.41) is 3.31. The van der Waals surface area contributed by atoms with E-state index in [1.165, 1.54) is 5.56 Å². The minimum atomic E-state index is 0.192. The second-order valence-corrected chi connectivity index (χ2v) is 5.44. The molecule has 0 spiro atoms. The molecule has 1 N–H and O–H groups in total. The van der Waals surface area contributed by atoms with Crippen molar-refractivity contribution in [3.8, 4) is 0 Å². The molecule has 20 heavy (non-hydrogen) atoms. The van der Waals surface area contributed by atoms with Gasteiger partial charge in [0.1, 0.15) is 0 Å². The molecule has 0 aromatic heterocycles. The van der Waals surface area contributed by atoms with E-state index in [9.17, 15) is 4.79 Å². The van der Waals surface area contributed by atoms with Crippen molar-refractivity contribution in [3.63, 3.8) is 0 Å². The highest BCUT2D eigenvalue weighted by Gasteiger charge is 2.14. The fraction of sp³-hybridized carbons (Fsp3) is 0.588. The molecule has 3 nitrogen and oxygen atoms in total. The maximum Gasteiger partial charge on any atom is 0.165 e. The van der Waals surface area contributed by atoms with Crippen LogP contribution in [0.1, 0.15) is 48.5 Å². The number of aryl methyl sites for hydroxylation is 1. The van der Waals surface area contributed by atoms with Crippen LogP contribution in [0, 0.1) is 0 Å². The number of Topliss-reactive ketones (excluding diaryl/α,β-unsaturated/α-hetero) is 1. The number of hydrogen-bond acceptors (Lipinski definition) is 3. The van der Waals surface area contributed by atoms with E-state index in [-0.39, 0.29) is 5.78 Å². The highest BCUT2D eigenvalue weighted by Crippen LogP contribution is 2.12. The van der Waals surface area contributed by atoms with Gasteiger partial charge in [0.15, 0.2) is 5.78 Å². The van der Waals surface area contributed by atoms with Crippen LogP contribution in [-0.4, -0.2) is 31.6 Å². The minimum absolute atomic E-state index is 0.192. The average Bonchev–Trinajstić information content (AvgIpc) is 2.49. The molecule has 1 fully saturated rings. The second kappa shape index (κ2) is 8.18. The Balaban J connectivity index is 1.77. The zero-order valence-electron chi connectivity index (χ0n) is 12.4. The maximum absolute atomic E-state index is 12.2. The highest BCUT2D eigenvalue weighted by molar-refractivity contribution is 5.96. The van der Waals surface area contributed by atoms with Crippen molar-refractivity contribution in [2.24, 2.45) is 0 Å². The normalized spacial score (nSPS) is 16.2. The standard InChI is InChI=1S/C17H25NO2/c1-2-4-14-5-3-6-15(13-14)17(19)9-12-20-16-7-10-18-11-8-16/h3,5-6,13,16,18H,2,4,7-12H2,1H3. The molecular formula is C17H25NO2. The SMILES string of the molecule is CCCc1cccc(C(=O)CCOC2CCNCC2)c1. The van der Waals surface area contributed by atoms with E-state index >= 15 is 0 Å². The van der Waals surface area contributed by atoms with Crippen LogP contribution in [0.4, 0.5) is 0 Å². The van der Waals surface area contributed by atoms with E-state index in [0.29, 0.717) is 19.1 Å². The van der Waals surface area contributed by atoms with Gasteiger partial charge in [-0.1, -0.05) is 31.5 Å². The minimum Gasteiger partial charge on any atom is -0.378 e. The van der Waals surface area contributed by atoms with Crippen LogP contribution in [0.2, 0.25) is 0 Å². The lowest BCUT2D eigenvalue weighted by Gasteiger charge is -2.22. The first-order chi connectivity index (χ1) is 9.79. The van der Waals surface area contributed by atoms with Crippen LogP contribution in [-0.2, 0) is 11.2 Å². The van der Waals surface area contributed by atoms with Crippen molar-refractivity contribution >= 4 is 5.78 Å². The van der Waals surface area contributed by atoms with Crippen LogP contribution in [0.25, 0.3) is 0 Å². The summed E-state index contributed by atoms with van der Waals surface area (Å²) in [7, 11) is 0. The molecule has 1 saturated heterocycles. The van der Waals surface area contributed by atoms with Crippen molar-refractivity contribution in [3.05, 3.63) is 35.4 Å². The van der Waals surface area contributed by atoms with Crippen LogP contribution >= 0.6 is 0 Å². The number of carbonyl (C=O) groups is 1. The summed E-state index contributed by atoms with van der Waals surface area (Å²) in [6.45, 7) is 4.75. The van der Waals surface area contributed by atoms with Gasteiger partial charge in [-0.2, -0.15) is 0 Å². The van der Waals surface area contributed by atoms with Gasteiger partial charge in [-0.05, 0) is 44.0 Å². The van der Waals surface area contributed by atoms with E-state index in [2.05, 4.69) is 18.3 Å². The summed E-state index contributed by atoms with van der Waals surface area (Å²) in [5.41, 5.74) is 2.07. The number of hydrogen-bond donors (Lipinski definition) is 1. The highest BCUT2D eigenvalue weighted by atomic mass is 16.5. The fourth-order valence-electron chi connectivity index (χ4n) is 2.61. The number of carbonyl (C=O) groups excluding carboxylic acids is 1. The van der Waals surface area contributed by atoms with Crippen molar-refractivity contribution in [2.45, 2.75) is 45.1 Å². The topological polar surface area (TPSA) is 38.3 Å². The summed E-state index contributed by atoms with van der Waals surface area (Å²) < 4.78 is 5.79. The van der Waals surface area contributed by atoms with Crippen LogP contribution in [0.5, 0.6) is 0 Å². The number of piperidine rings is 1. The van der Waals surface area contributed by atoms with Gasteiger partial charge in [-0.25, -0.2) is 0 Å². The third kappa shape index (κ3) is 4.73. The zero-order valence-corrected chi connectivity index (χ0v) is 12.4. The van der Waals surface area contributed by atoms with Crippen LogP contribution in [0.15, 0.2) is 24.3 Å². The summed E-state index contributed by atoms with van der Waals surface area (Å²) in [6, 6.07) is 8.00. The molecule has 1 heterocycles. The van der Waals surface area contributed by atoms with Gasteiger partial charge in [0, 0.05) is 12.0 Å². The number of rotatable bonds is 7. The summed E-state index contributed by atoms with van der Waals surface area (Å²) in [5.74, 6) is 0.192. The second-order valence-electron chi connectivity index (χ2n) is 5.44. The van der Waals surface area contributed by atoms with Gasteiger partial charge >= 0.3 is 0 Å². The van der Waals surface area contributed by atoms with Gasteiger partial charge in [0.2, 0.25) is 0 Å². The lowest BCUT2D eigenvalue weighted by molar-refractivity contribution is 0.0313. The molecule has 0 amide bonds. The third-order valence-electron chi connectivity index (χ3n) is 3.76. The molecule has 0 atom stereocenters. The molecule has 0 bridgehead atoms. The van der Waals surface area contributed by atoms with E-state index < -0.39 is 0 Å². The third-order valence-corrected chi connectivity index (χ3v) is 3.76. The summed E-state index contributed by atoms with van der Waals surface area (Å²) in [6.07, 6.45) is 5.07. The average molecular weight is 275 g/mol. The predicted molar refractivity (Wildman–Crippen MR) is 81.2 cm³/mol.